The molecule has 0 aliphatic carbocycles. The van der Waals surface area contributed by atoms with E-state index in [-0.39, 0.29) is 11.8 Å². The number of pyridine rings is 2. The highest BCUT2D eigenvalue weighted by molar-refractivity contribution is 5.91. The summed E-state index contributed by atoms with van der Waals surface area (Å²) >= 11 is 0. The third kappa shape index (κ3) is 3.71. The molecular weight excluding hydrogens is 354 g/mol. The van der Waals surface area contributed by atoms with Crippen LogP contribution in [0.25, 0.3) is 10.9 Å². The van der Waals surface area contributed by atoms with Gasteiger partial charge in [-0.1, -0.05) is 0 Å². The zero-order valence-electron chi connectivity index (χ0n) is 15.2. The van der Waals surface area contributed by atoms with E-state index in [4.69, 9.17) is 20.7 Å². The molecular formula is C21H19N5O2. The molecule has 1 saturated heterocycles. The molecule has 3 aromatic rings. The predicted molar refractivity (Wildman–Crippen MR) is 105 cm³/mol. The van der Waals surface area contributed by atoms with Gasteiger partial charge in [0.05, 0.1) is 17.1 Å². The topological polar surface area (TPSA) is 105 Å². The van der Waals surface area contributed by atoms with Gasteiger partial charge in [0.25, 0.3) is 5.91 Å². The number of benzene rings is 1. The molecule has 1 amide bonds. The van der Waals surface area contributed by atoms with E-state index in [1.54, 1.807) is 18.2 Å². The summed E-state index contributed by atoms with van der Waals surface area (Å²) in [6.45, 7) is 1.65. The Labute approximate surface area is 162 Å². The molecule has 1 fully saturated rings. The molecule has 0 spiro atoms. The Balaban J connectivity index is 1.41. The van der Waals surface area contributed by atoms with E-state index in [2.05, 4.69) is 16.0 Å². The highest BCUT2D eigenvalue weighted by atomic mass is 16.5. The van der Waals surface area contributed by atoms with Crippen molar-refractivity contribution in [3.63, 3.8) is 0 Å². The lowest BCUT2D eigenvalue weighted by Gasteiger charge is -2.33. The number of primary amides is 1. The number of anilines is 1. The van der Waals surface area contributed by atoms with Crippen LogP contribution in [0.3, 0.4) is 0 Å². The van der Waals surface area contributed by atoms with E-state index in [9.17, 15) is 4.79 Å². The van der Waals surface area contributed by atoms with Gasteiger partial charge in [0.1, 0.15) is 23.4 Å². The Hall–Kier alpha value is -3.66. The van der Waals surface area contributed by atoms with Crippen molar-refractivity contribution in [2.45, 2.75) is 18.9 Å². The van der Waals surface area contributed by atoms with Crippen LogP contribution in [0.1, 0.15) is 28.9 Å². The highest BCUT2D eigenvalue weighted by Crippen LogP contribution is 2.24. The summed E-state index contributed by atoms with van der Waals surface area (Å²) in [6.07, 6.45) is 3.29. The van der Waals surface area contributed by atoms with Crippen molar-refractivity contribution in [3.8, 4) is 11.8 Å². The minimum Gasteiger partial charge on any atom is -0.490 e. The van der Waals surface area contributed by atoms with Gasteiger partial charge in [0, 0.05) is 43.6 Å². The minimum absolute atomic E-state index is 0.0676. The Bertz CT molecular complexity index is 1070. The molecule has 1 aliphatic rings. The third-order valence-electron chi connectivity index (χ3n) is 4.86. The largest absolute Gasteiger partial charge is 0.490 e. The van der Waals surface area contributed by atoms with Crippen LogP contribution in [0, 0.1) is 11.3 Å². The van der Waals surface area contributed by atoms with Crippen LogP contribution in [0.15, 0.2) is 48.7 Å². The van der Waals surface area contributed by atoms with Crippen LogP contribution in [0.4, 0.5) is 5.82 Å². The van der Waals surface area contributed by atoms with Gasteiger partial charge in [-0.25, -0.2) is 4.98 Å². The van der Waals surface area contributed by atoms with E-state index in [0.29, 0.717) is 11.3 Å². The molecule has 3 heterocycles. The Morgan fingerprint density at radius 2 is 2.00 bits per heavy atom. The number of nitriles is 1. The average molecular weight is 373 g/mol. The number of carbonyl (C=O) groups is 1. The SMILES string of the molecule is N#Cc1ccc2nc(N3CCC(Oc4ccnc(C(N)=O)c4)CC3)ccc2c1. The first-order valence-electron chi connectivity index (χ1n) is 9.11. The van der Waals surface area contributed by atoms with Crippen LogP contribution in [-0.4, -0.2) is 35.1 Å². The molecule has 7 nitrogen and oxygen atoms in total. The monoisotopic (exact) mass is 373 g/mol. The number of hydrogen-bond acceptors (Lipinski definition) is 6. The van der Waals surface area contributed by atoms with E-state index in [1.807, 2.05) is 24.3 Å². The minimum atomic E-state index is -0.565. The molecule has 140 valence electrons. The van der Waals surface area contributed by atoms with Crippen LogP contribution < -0.4 is 15.4 Å². The fourth-order valence-corrected chi connectivity index (χ4v) is 3.37. The molecule has 1 aliphatic heterocycles. The van der Waals surface area contributed by atoms with Crippen molar-refractivity contribution in [1.29, 1.82) is 5.26 Å². The van der Waals surface area contributed by atoms with Gasteiger partial charge in [-0.2, -0.15) is 5.26 Å². The maximum atomic E-state index is 11.2. The molecule has 0 saturated carbocycles. The summed E-state index contributed by atoms with van der Waals surface area (Å²) in [5, 5.41) is 9.97. The average Bonchev–Trinajstić information content (AvgIpc) is 2.73. The van der Waals surface area contributed by atoms with E-state index in [1.165, 1.54) is 6.20 Å². The molecule has 2 N–H and O–H groups in total. The number of nitrogens with zero attached hydrogens (tertiary/aromatic N) is 4. The van der Waals surface area contributed by atoms with Crippen molar-refractivity contribution in [3.05, 3.63) is 59.9 Å². The van der Waals surface area contributed by atoms with Crippen LogP contribution in [0.2, 0.25) is 0 Å². The van der Waals surface area contributed by atoms with Crippen LogP contribution in [0.5, 0.6) is 5.75 Å². The van der Waals surface area contributed by atoms with Gasteiger partial charge in [-0.3, -0.25) is 9.78 Å². The maximum absolute atomic E-state index is 11.2. The Kier molecular flexibility index (Phi) is 4.77. The summed E-state index contributed by atoms with van der Waals surface area (Å²) in [5.74, 6) is 0.972. The molecule has 4 rings (SSSR count). The summed E-state index contributed by atoms with van der Waals surface area (Å²) < 4.78 is 6.00. The quantitative estimate of drug-likeness (QED) is 0.754. The fraction of sp³-hybridized carbons (Fsp3) is 0.238. The third-order valence-corrected chi connectivity index (χ3v) is 4.86. The van der Waals surface area contributed by atoms with Crippen molar-refractivity contribution in [1.82, 2.24) is 9.97 Å². The predicted octanol–water partition coefficient (Wildman–Crippen LogP) is 2.65. The summed E-state index contributed by atoms with van der Waals surface area (Å²) in [7, 11) is 0. The van der Waals surface area contributed by atoms with E-state index < -0.39 is 5.91 Å². The zero-order valence-corrected chi connectivity index (χ0v) is 15.2. The highest BCUT2D eigenvalue weighted by Gasteiger charge is 2.22. The van der Waals surface area contributed by atoms with Gasteiger partial charge in [-0.05, 0) is 36.4 Å². The van der Waals surface area contributed by atoms with Gasteiger partial charge in [0.15, 0.2) is 0 Å². The second-order valence-corrected chi connectivity index (χ2v) is 6.73. The van der Waals surface area contributed by atoms with Crippen molar-refractivity contribution in [2.24, 2.45) is 5.73 Å². The molecule has 1 aromatic carbocycles. The second kappa shape index (κ2) is 7.53. The number of piperidine rings is 1. The first-order valence-corrected chi connectivity index (χ1v) is 9.11. The van der Waals surface area contributed by atoms with Gasteiger partial charge in [-0.15, -0.1) is 0 Å². The number of carbonyl (C=O) groups excluding carboxylic acids is 1. The molecule has 2 aromatic heterocycles. The standard InChI is InChI=1S/C21H19N5O2/c22-13-14-1-3-18-15(11-14)2-4-20(25-18)26-9-6-16(7-10-26)28-17-5-8-24-19(12-17)21(23)27/h1-5,8,11-12,16H,6-7,9-10H2,(H2,23,27). The molecule has 0 unspecified atom stereocenters. The van der Waals surface area contributed by atoms with Crippen LogP contribution >= 0.6 is 0 Å². The number of amides is 1. The summed E-state index contributed by atoms with van der Waals surface area (Å²) in [6, 6.07) is 15.0. The molecule has 0 radical (unpaired) electrons. The lowest BCUT2D eigenvalue weighted by Crippen LogP contribution is -2.38. The number of fused-ring (bicyclic) bond motifs is 1. The Morgan fingerprint density at radius 3 is 2.75 bits per heavy atom. The van der Waals surface area contributed by atoms with Crippen LogP contribution in [-0.2, 0) is 0 Å². The van der Waals surface area contributed by atoms with Crippen molar-refractivity contribution in [2.75, 3.05) is 18.0 Å². The van der Waals surface area contributed by atoms with Gasteiger partial charge >= 0.3 is 0 Å². The van der Waals surface area contributed by atoms with Crippen molar-refractivity contribution < 1.29 is 9.53 Å². The van der Waals surface area contributed by atoms with Gasteiger partial charge in [0.2, 0.25) is 0 Å². The smallest absolute Gasteiger partial charge is 0.267 e. The number of aromatic nitrogens is 2. The lowest BCUT2D eigenvalue weighted by atomic mass is 10.1. The normalized spacial score (nSPS) is 14.6. The fourth-order valence-electron chi connectivity index (χ4n) is 3.37. The van der Waals surface area contributed by atoms with Crippen molar-refractivity contribution >= 4 is 22.6 Å². The number of nitrogens with two attached hydrogens (primary N) is 1. The first kappa shape index (κ1) is 17.7. The molecule has 28 heavy (non-hydrogen) atoms. The molecule has 0 atom stereocenters. The second-order valence-electron chi connectivity index (χ2n) is 6.73. The Morgan fingerprint density at radius 1 is 1.18 bits per heavy atom. The first-order chi connectivity index (χ1) is 13.6. The number of rotatable bonds is 4. The van der Waals surface area contributed by atoms with E-state index >= 15 is 0 Å². The maximum Gasteiger partial charge on any atom is 0.267 e. The summed E-state index contributed by atoms with van der Waals surface area (Å²) in [4.78, 5) is 22.1. The molecule has 0 bridgehead atoms. The number of hydrogen-bond donors (Lipinski definition) is 1. The van der Waals surface area contributed by atoms with Gasteiger partial charge < -0.3 is 15.4 Å². The lowest BCUT2D eigenvalue weighted by molar-refractivity contribution is 0.0994. The van der Waals surface area contributed by atoms with E-state index in [0.717, 1.165) is 42.7 Å². The number of ether oxygens (including phenoxy) is 1. The summed E-state index contributed by atoms with van der Waals surface area (Å²) in [5.41, 5.74) is 6.99. The molecule has 7 heteroatoms. The zero-order chi connectivity index (χ0) is 19.5.